The van der Waals surface area contributed by atoms with Gasteiger partial charge in [-0.15, -0.1) is 0 Å². The van der Waals surface area contributed by atoms with Crippen molar-refractivity contribution in [2.75, 3.05) is 21.2 Å². The molecular formula is C16H32N2O2. The minimum absolute atomic E-state index is 0.116. The normalized spacial score (nSPS) is 28.7. The standard InChI is InChI=1S/C16H32N2O2/c1-12(2)10-13(3)18(5)14-8-7-9-16(11-14,17-4)15(19)20-6/h12-14,17H,7-11H2,1-6H3. The molecule has 0 spiro atoms. The molecule has 1 N–H and O–H groups in total. The van der Waals surface area contributed by atoms with Gasteiger partial charge in [-0.05, 0) is 59.0 Å². The molecule has 0 aliphatic heterocycles. The van der Waals surface area contributed by atoms with Crippen molar-refractivity contribution in [3.63, 3.8) is 0 Å². The van der Waals surface area contributed by atoms with E-state index in [-0.39, 0.29) is 5.97 Å². The van der Waals surface area contributed by atoms with Crippen LogP contribution in [0.3, 0.4) is 0 Å². The van der Waals surface area contributed by atoms with Gasteiger partial charge in [0.05, 0.1) is 7.11 Å². The summed E-state index contributed by atoms with van der Waals surface area (Å²) in [7, 11) is 5.55. The number of esters is 1. The average Bonchev–Trinajstić information content (AvgIpc) is 2.44. The van der Waals surface area contributed by atoms with Gasteiger partial charge in [0.25, 0.3) is 0 Å². The van der Waals surface area contributed by atoms with E-state index in [2.05, 4.69) is 38.0 Å². The fraction of sp³-hybridized carbons (Fsp3) is 0.938. The second-order valence-corrected chi connectivity index (χ2v) is 6.72. The molecule has 0 radical (unpaired) electrons. The number of methoxy groups -OCH3 is 1. The lowest BCUT2D eigenvalue weighted by molar-refractivity contribution is -0.151. The molecular weight excluding hydrogens is 252 g/mol. The Labute approximate surface area is 124 Å². The maximum Gasteiger partial charge on any atom is 0.326 e. The summed E-state index contributed by atoms with van der Waals surface area (Å²) in [5.74, 6) is 0.584. The van der Waals surface area contributed by atoms with Gasteiger partial charge >= 0.3 is 5.97 Å². The zero-order valence-corrected chi connectivity index (χ0v) is 14.0. The van der Waals surface area contributed by atoms with E-state index in [1.165, 1.54) is 20.0 Å². The number of hydrogen-bond donors (Lipinski definition) is 1. The Kier molecular flexibility index (Phi) is 6.46. The third-order valence-electron chi connectivity index (χ3n) is 4.86. The van der Waals surface area contributed by atoms with E-state index in [1.54, 1.807) is 0 Å². The molecule has 3 atom stereocenters. The van der Waals surface area contributed by atoms with Crippen LogP contribution < -0.4 is 5.32 Å². The van der Waals surface area contributed by atoms with E-state index >= 15 is 0 Å². The summed E-state index contributed by atoms with van der Waals surface area (Å²) in [6, 6.07) is 0.995. The molecule has 0 aromatic heterocycles. The van der Waals surface area contributed by atoms with Gasteiger partial charge in [-0.2, -0.15) is 0 Å². The first-order chi connectivity index (χ1) is 9.36. The first-order valence-electron chi connectivity index (χ1n) is 7.85. The number of nitrogens with zero attached hydrogens (tertiary/aromatic N) is 1. The molecule has 118 valence electrons. The zero-order chi connectivity index (χ0) is 15.3. The first-order valence-corrected chi connectivity index (χ1v) is 7.85. The maximum absolute atomic E-state index is 12.1. The summed E-state index contributed by atoms with van der Waals surface area (Å²) < 4.78 is 5.02. The Morgan fingerprint density at radius 3 is 2.60 bits per heavy atom. The SMILES string of the molecule is CNC1(C(=O)OC)CCCC(N(C)C(C)CC(C)C)C1. The number of nitrogens with one attached hydrogen (secondary N) is 1. The highest BCUT2D eigenvalue weighted by Crippen LogP contribution is 2.33. The molecule has 4 nitrogen and oxygen atoms in total. The van der Waals surface area contributed by atoms with Crippen molar-refractivity contribution >= 4 is 5.97 Å². The van der Waals surface area contributed by atoms with E-state index in [0.29, 0.717) is 18.0 Å². The summed E-state index contributed by atoms with van der Waals surface area (Å²) >= 11 is 0. The van der Waals surface area contributed by atoms with Crippen molar-refractivity contribution in [3.8, 4) is 0 Å². The molecule has 1 rings (SSSR count). The minimum Gasteiger partial charge on any atom is -0.468 e. The Hall–Kier alpha value is -0.610. The van der Waals surface area contributed by atoms with Crippen LogP contribution in [0.2, 0.25) is 0 Å². The number of ether oxygens (including phenoxy) is 1. The third kappa shape index (κ3) is 3.95. The largest absolute Gasteiger partial charge is 0.468 e. The van der Waals surface area contributed by atoms with E-state index < -0.39 is 5.54 Å². The lowest BCUT2D eigenvalue weighted by Gasteiger charge is -2.43. The molecule has 1 aliphatic rings. The number of hydrogen-bond acceptors (Lipinski definition) is 4. The van der Waals surface area contributed by atoms with E-state index in [9.17, 15) is 4.79 Å². The predicted molar refractivity (Wildman–Crippen MR) is 82.7 cm³/mol. The molecule has 1 aliphatic carbocycles. The van der Waals surface area contributed by atoms with Crippen LogP contribution in [0.15, 0.2) is 0 Å². The molecule has 0 aromatic carbocycles. The highest BCUT2D eigenvalue weighted by atomic mass is 16.5. The second kappa shape index (κ2) is 7.41. The monoisotopic (exact) mass is 284 g/mol. The first kappa shape index (κ1) is 17.4. The topological polar surface area (TPSA) is 41.6 Å². The van der Waals surface area contributed by atoms with Crippen molar-refractivity contribution in [2.24, 2.45) is 5.92 Å². The van der Waals surface area contributed by atoms with Gasteiger partial charge in [-0.1, -0.05) is 13.8 Å². The summed E-state index contributed by atoms with van der Waals surface area (Å²) in [5.41, 5.74) is -0.497. The Balaban J connectivity index is 2.74. The minimum atomic E-state index is -0.497. The second-order valence-electron chi connectivity index (χ2n) is 6.72. The van der Waals surface area contributed by atoms with Crippen LogP contribution in [0.5, 0.6) is 0 Å². The highest BCUT2D eigenvalue weighted by molar-refractivity contribution is 5.81. The lowest BCUT2D eigenvalue weighted by Crippen LogP contribution is -2.58. The van der Waals surface area contributed by atoms with E-state index in [0.717, 1.165) is 19.3 Å². The fourth-order valence-electron chi connectivity index (χ4n) is 3.51. The molecule has 0 saturated heterocycles. The molecule has 0 heterocycles. The van der Waals surface area contributed by atoms with Gasteiger partial charge in [-0.25, -0.2) is 0 Å². The predicted octanol–water partition coefficient (Wildman–Crippen LogP) is 2.43. The van der Waals surface area contributed by atoms with Gasteiger partial charge in [0, 0.05) is 12.1 Å². The molecule has 1 fully saturated rings. The van der Waals surface area contributed by atoms with Gasteiger partial charge in [0.2, 0.25) is 0 Å². The number of rotatable bonds is 6. The summed E-state index contributed by atoms with van der Waals surface area (Å²) in [6.45, 7) is 6.81. The molecule has 0 amide bonds. The van der Waals surface area contributed by atoms with Crippen LogP contribution in [-0.2, 0) is 9.53 Å². The quantitative estimate of drug-likeness (QED) is 0.761. The van der Waals surface area contributed by atoms with Crippen LogP contribution in [0, 0.1) is 5.92 Å². The lowest BCUT2D eigenvalue weighted by atomic mass is 9.78. The van der Waals surface area contributed by atoms with Crippen molar-refractivity contribution in [2.45, 2.75) is 70.5 Å². The molecule has 0 aromatic rings. The van der Waals surface area contributed by atoms with Crippen LogP contribution in [0.1, 0.15) is 52.9 Å². The molecule has 20 heavy (non-hydrogen) atoms. The summed E-state index contributed by atoms with van der Waals surface area (Å²) in [5, 5.41) is 3.23. The Morgan fingerprint density at radius 1 is 1.45 bits per heavy atom. The summed E-state index contributed by atoms with van der Waals surface area (Å²) in [6.07, 6.45) is 5.14. The molecule has 4 heteroatoms. The molecule has 3 unspecified atom stereocenters. The van der Waals surface area contributed by atoms with Gasteiger partial charge in [0.1, 0.15) is 5.54 Å². The number of carbonyl (C=O) groups is 1. The van der Waals surface area contributed by atoms with Gasteiger partial charge < -0.3 is 15.0 Å². The van der Waals surface area contributed by atoms with E-state index in [1.807, 2.05) is 7.05 Å². The van der Waals surface area contributed by atoms with Gasteiger partial charge in [-0.3, -0.25) is 4.79 Å². The van der Waals surface area contributed by atoms with Gasteiger partial charge in [0.15, 0.2) is 0 Å². The van der Waals surface area contributed by atoms with Crippen molar-refractivity contribution in [1.29, 1.82) is 0 Å². The smallest absolute Gasteiger partial charge is 0.326 e. The number of likely N-dealkylation sites (N-methyl/N-ethyl adjacent to an activating group) is 1. The van der Waals surface area contributed by atoms with Crippen molar-refractivity contribution < 1.29 is 9.53 Å². The Morgan fingerprint density at radius 2 is 2.10 bits per heavy atom. The van der Waals surface area contributed by atoms with E-state index in [4.69, 9.17) is 4.74 Å². The molecule has 1 saturated carbocycles. The maximum atomic E-state index is 12.1. The van der Waals surface area contributed by atoms with Crippen LogP contribution in [0.25, 0.3) is 0 Å². The van der Waals surface area contributed by atoms with Crippen LogP contribution in [-0.4, -0.2) is 49.7 Å². The third-order valence-corrected chi connectivity index (χ3v) is 4.86. The summed E-state index contributed by atoms with van der Waals surface area (Å²) in [4.78, 5) is 14.6. The number of carbonyl (C=O) groups excluding carboxylic acids is 1. The fourth-order valence-corrected chi connectivity index (χ4v) is 3.51. The van der Waals surface area contributed by atoms with Crippen LogP contribution in [0.4, 0.5) is 0 Å². The Bertz CT molecular complexity index is 320. The van der Waals surface area contributed by atoms with Crippen LogP contribution >= 0.6 is 0 Å². The average molecular weight is 284 g/mol. The van der Waals surface area contributed by atoms with Crippen molar-refractivity contribution in [3.05, 3.63) is 0 Å². The van der Waals surface area contributed by atoms with Crippen molar-refractivity contribution in [1.82, 2.24) is 10.2 Å². The molecule has 0 bridgehead atoms. The zero-order valence-electron chi connectivity index (χ0n) is 14.0. The highest BCUT2D eigenvalue weighted by Gasteiger charge is 2.43.